The Kier molecular flexibility index (Phi) is 8.18. The number of carbonyl (C=O) groups excluding carboxylic acids is 2. The second-order valence-electron chi connectivity index (χ2n) is 6.79. The molecule has 0 aromatic carbocycles. The Labute approximate surface area is 131 Å². The number of carbonyl (C=O) groups is 2. The van der Waals surface area contributed by atoms with Crippen molar-refractivity contribution in [3.05, 3.63) is 0 Å². The van der Waals surface area contributed by atoms with Crippen LogP contribution in [0, 0.1) is 0 Å². The van der Waals surface area contributed by atoms with Gasteiger partial charge in [0.1, 0.15) is 17.4 Å². The number of alkyl carbamates (subject to hydrolysis) is 2. The molecule has 0 spiro atoms. The summed E-state index contributed by atoms with van der Waals surface area (Å²) in [5.74, 6) is 0. The van der Waals surface area contributed by atoms with Gasteiger partial charge < -0.3 is 25.2 Å². The van der Waals surface area contributed by atoms with Crippen molar-refractivity contribution in [2.24, 2.45) is 0 Å². The summed E-state index contributed by atoms with van der Waals surface area (Å²) in [7, 11) is 0. The van der Waals surface area contributed by atoms with E-state index in [9.17, 15) is 14.7 Å². The number of nitrogens with one attached hydrogen (secondary N) is 3. The van der Waals surface area contributed by atoms with E-state index in [1.165, 1.54) is 0 Å². The van der Waals surface area contributed by atoms with Crippen LogP contribution in [-0.2, 0) is 9.47 Å². The van der Waals surface area contributed by atoms with E-state index < -0.39 is 29.6 Å². The molecule has 8 heteroatoms. The van der Waals surface area contributed by atoms with Crippen molar-refractivity contribution in [2.75, 3.05) is 19.6 Å². The van der Waals surface area contributed by atoms with Gasteiger partial charge in [-0.1, -0.05) is 0 Å². The van der Waals surface area contributed by atoms with Gasteiger partial charge in [-0.05, 0) is 41.5 Å². The molecule has 0 heterocycles. The molecule has 0 radical (unpaired) electrons. The molecule has 0 aliphatic heterocycles. The zero-order valence-electron chi connectivity index (χ0n) is 14.3. The molecule has 0 rings (SSSR count). The monoisotopic (exact) mass is 319 g/mol. The van der Waals surface area contributed by atoms with Gasteiger partial charge in [0.25, 0.3) is 0 Å². The lowest BCUT2D eigenvalue weighted by molar-refractivity contribution is 0.0359. The minimum atomic E-state index is -1.07. The molecule has 0 aliphatic carbocycles. The molecule has 4 N–H and O–H groups in total. The minimum Gasteiger partial charge on any atom is -0.444 e. The topological polar surface area (TPSA) is 109 Å². The molecule has 0 aromatic heterocycles. The third-order valence-electron chi connectivity index (χ3n) is 1.99. The predicted molar refractivity (Wildman–Crippen MR) is 82.5 cm³/mol. The van der Waals surface area contributed by atoms with E-state index in [0.717, 1.165) is 0 Å². The Hall–Kier alpha value is -1.54. The molecule has 0 fully saturated rings. The first-order chi connectivity index (χ1) is 9.89. The average Bonchev–Trinajstić information content (AvgIpc) is 2.22. The zero-order valence-corrected chi connectivity index (χ0v) is 14.3. The molecule has 1 unspecified atom stereocenters. The Balaban J connectivity index is 3.71. The summed E-state index contributed by atoms with van der Waals surface area (Å²) in [5, 5.41) is 17.3. The number of rotatable bonds is 6. The summed E-state index contributed by atoms with van der Waals surface area (Å²) < 4.78 is 10.1. The maximum Gasteiger partial charge on any atom is 0.409 e. The van der Waals surface area contributed by atoms with Crippen molar-refractivity contribution in [3.63, 3.8) is 0 Å². The van der Waals surface area contributed by atoms with Crippen LogP contribution in [0.15, 0.2) is 0 Å². The molecule has 1 atom stereocenters. The van der Waals surface area contributed by atoms with Crippen molar-refractivity contribution in [3.8, 4) is 0 Å². The van der Waals surface area contributed by atoms with Crippen LogP contribution in [0.4, 0.5) is 9.59 Å². The van der Waals surface area contributed by atoms with Gasteiger partial charge in [0.2, 0.25) is 0 Å². The van der Waals surface area contributed by atoms with E-state index in [2.05, 4.69) is 16.0 Å². The van der Waals surface area contributed by atoms with E-state index in [-0.39, 0.29) is 6.54 Å². The summed E-state index contributed by atoms with van der Waals surface area (Å²) >= 11 is 0. The largest absolute Gasteiger partial charge is 0.444 e. The van der Waals surface area contributed by atoms with Crippen LogP contribution in [0.5, 0.6) is 0 Å². The summed E-state index contributed by atoms with van der Waals surface area (Å²) in [6, 6.07) is 0. The van der Waals surface area contributed by atoms with E-state index in [1.807, 2.05) is 0 Å². The first kappa shape index (κ1) is 20.5. The second kappa shape index (κ2) is 8.79. The Morgan fingerprint density at radius 2 is 1.45 bits per heavy atom. The van der Waals surface area contributed by atoms with Crippen LogP contribution in [-0.4, -0.2) is 54.4 Å². The molecule has 0 aliphatic rings. The lowest BCUT2D eigenvalue weighted by atomic mass is 10.2. The van der Waals surface area contributed by atoms with Crippen molar-refractivity contribution in [1.29, 1.82) is 0 Å². The SMILES string of the molecule is CC(C)(C)OC(=O)NCCNCC(O)NC(=O)OC(C)(C)C. The van der Waals surface area contributed by atoms with Crippen LogP contribution < -0.4 is 16.0 Å². The lowest BCUT2D eigenvalue weighted by Gasteiger charge is -2.21. The minimum absolute atomic E-state index is 0.134. The van der Waals surface area contributed by atoms with E-state index in [0.29, 0.717) is 13.1 Å². The molecule has 0 aromatic rings. The Bertz CT molecular complexity index is 360. The summed E-state index contributed by atoms with van der Waals surface area (Å²) in [4.78, 5) is 22.7. The molecule has 0 bridgehead atoms. The smallest absolute Gasteiger partial charge is 0.409 e. The van der Waals surface area contributed by atoms with Gasteiger partial charge in [-0.25, -0.2) is 9.59 Å². The normalized spacial score (nSPS) is 13.2. The van der Waals surface area contributed by atoms with Crippen LogP contribution in [0.3, 0.4) is 0 Å². The van der Waals surface area contributed by atoms with Gasteiger partial charge in [-0.3, -0.25) is 5.32 Å². The van der Waals surface area contributed by atoms with Gasteiger partial charge in [-0.15, -0.1) is 0 Å². The van der Waals surface area contributed by atoms with E-state index >= 15 is 0 Å². The number of ether oxygens (including phenoxy) is 2. The quantitative estimate of drug-likeness (QED) is 0.429. The fourth-order valence-corrected chi connectivity index (χ4v) is 1.30. The number of aliphatic hydroxyl groups excluding tert-OH is 1. The Morgan fingerprint density at radius 1 is 0.955 bits per heavy atom. The maximum atomic E-state index is 11.4. The summed E-state index contributed by atoms with van der Waals surface area (Å²) in [6.45, 7) is 11.4. The third kappa shape index (κ3) is 13.4. The van der Waals surface area contributed by atoms with E-state index in [1.54, 1.807) is 41.5 Å². The standard InChI is InChI=1S/C14H29N3O5/c1-13(2,3)21-11(19)16-8-7-15-9-10(18)17-12(20)22-14(4,5)6/h10,15,18H,7-9H2,1-6H3,(H,16,19)(H,17,20). The molecule has 2 amide bonds. The molecule has 130 valence electrons. The van der Waals surface area contributed by atoms with Gasteiger partial charge in [0.05, 0.1) is 0 Å². The van der Waals surface area contributed by atoms with Crippen molar-refractivity contribution >= 4 is 12.2 Å². The van der Waals surface area contributed by atoms with Crippen LogP contribution in [0.2, 0.25) is 0 Å². The second-order valence-corrected chi connectivity index (χ2v) is 6.79. The van der Waals surface area contributed by atoms with E-state index in [4.69, 9.17) is 9.47 Å². The first-order valence-corrected chi connectivity index (χ1v) is 7.24. The fourth-order valence-electron chi connectivity index (χ4n) is 1.30. The first-order valence-electron chi connectivity index (χ1n) is 7.24. The fraction of sp³-hybridized carbons (Fsp3) is 0.857. The summed E-state index contributed by atoms with van der Waals surface area (Å²) in [5.41, 5.74) is -1.15. The highest BCUT2D eigenvalue weighted by Crippen LogP contribution is 2.06. The third-order valence-corrected chi connectivity index (χ3v) is 1.99. The molecule has 8 nitrogen and oxygen atoms in total. The van der Waals surface area contributed by atoms with Crippen LogP contribution in [0.1, 0.15) is 41.5 Å². The summed E-state index contributed by atoms with van der Waals surface area (Å²) in [6.07, 6.45) is -2.26. The zero-order chi connectivity index (χ0) is 17.4. The molecular weight excluding hydrogens is 290 g/mol. The number of aliphatic hydroxyl groups is 1. The van der Waals surface area contributed by atoms with Crippen molar-refractivity contribution < 1.29 is 24.2 Å². The average molecular weight is 319 g/mol. The highest BCUT2D eigenvalue weighted by molar-refractivity contribution is 5.68. The van der Waals surface area contributed by atoms with Gasteiger partial charge >= 0.3 is 12.2 Å². The maximum absolute atomic E-state index is 11.4. The number of hydrogen-bond acceptors (Lipinski definition) is 6. The molecular formula is C14H29N3O5. The Morgan fingerprint density at radius 3 is 1.95 bits per heavy atom. The van der Waals surface area contributed by atoms with Gasteiger partial charge in [0.15, 0.2) is 0 Å². The number of hydrogen-bond donors (Lipinski definition) is 4. The van der Waals surface area contributed by atoms with Gasteiger partial charge in [-0.2, -0.15) is 0 Å². The molecule has 0 saturated carbocycles. The highest BCUT2D eigenvalue weighted by Gasteiger charge is 2.18. The molecule has 22 heavy (non-hydrogen) atoms. The van der Waals surface area contributed by atoms with Crippen LogP contribution in [0.25, 0.3) is 0 Å². The van der Waals surface area contributed by atoms with Gasteiger partial charge in [0, 0.05) is 19.6 Å². The highest BCUT2D eigenvalue weighted by atomic mass is 16.6. The number of amides is 2. The molecule has 0 saturated heterocycles. The van der Waals surface area contributed by atoms with Crippen molar-refractivity contribution in [1.82, 2.24) is 16.0 Å². The lowest BCUT2D eigenvalue weighted by Crippen LogP contribution is -2.45. The predicted octanol–water partition coefficient (Wildman–Crippen LogP) is 0.944. The van der Waals surface area contributed by atoms with Crippen molar-refractivity contribution in [2.45, 2.75) is 59.0 Å². The van der Waals surface area contributed by atoms with Crippen LogP contribution >= 0.6 is 0 Å².